The average Bonchev–Trinajstić information content (AvgIpc) is 2.53. The lowest BCUT2D eigenvalue weighted by atomic mass is 10.4. The highest BCUT2D eigenvalue weighted by atomic mass is 35.5. The largest absolute Gasteiger partial charge is 0.444 e. The molecule has 1 aromatic rings. The smallest absolute Gasteiger partial charge is 0.209 e. The van der Waals surface area contributed by atoms with E-state index in [0.29, 0.717) is 18.4 Å². The molecule has 68 valence electrons. The van der Waals surface area contributed by atoms with Gasteiger partial charge in [-0.05, 0) is 6.92 Å². The van der Waals surface area contributed by atoms with Crippen LogP contribution in [-0.4, -0.2) is 18.2 Å². The monoisotopic (exact) mass is 189 g/mol. The molecular formula is C8H12ClNO2. The molecule has 0 unspecified atom stereocenters. The molecule has 0 spiro atoms. The van der Waals surface area contributed by atoms with Crippen molar-refractivity contribution in [2.24, 2.45) is 0 Å². The third-order valence-corrected chi connectivity index (χ3v) is 1.64. The zero-order valence-electron chi connectivity index (χ0n) is 7.05. The van der Waals surface area contributed by atoms with Gasteiger partial charge in [0.25, 0.3) is 0 Å². The Kier molecular flexibility index (Phi) is 4.11. The van der Waals surface area contributed by atoms with Crippen LogP contribution < -0.4 is 0 Å². The van der Waals surface area contributed by atoms with Gasteiger partial charge in [0.2, 0.25) is 5.89 Å². The molecule has 1 aromatic heterocycles. The van der Waals surface area contributed by atoms with Crippen LogP contribution in [0.1, 0.15) is 18.6 Å². The fourth-order valence-electron chi connectivity index (χ4n) is 0.842. The predicted molar refractivity (Wildman–Crippen MR) is 46.3 cm³/mol. The Morgan fingerprint density at radius 1 is 1.67 bits per heavy atom. The molecule has 0 aliphatic heterocycles. The molecule has 0 atom stereocenters. The third kappa shape index (κ3) is 2.83. The first-order valence-electron chi connectivity index (χ1n) is 3.94. The van der Waals surface area contributed by atoms with Crippen LogP contribution in [0, 0.1) is 0 Å². The number of rotatable bonds is 5. The Balaban J connectivity index is 2.31. The summed E-state index contributed by atoms with van der Waals surface area (Å²) in [6.45, 7) is 3.37. The van der Waals surface area contributed by atoms with Crippen LogP contribution in [0.4, 0.5) is 0 Å². The SMILES string of the molecule is CCOCCc1cnc(CCl)o1. The summed E-state index contributed by atoms with van der Waals surface area (Å²) >= 11 is 5.51. The van der Waals surface area contributed by atoms with Crippen LogP contribution in [0.5, 0.6) is 0 Å². The number of alkyl halides is 1. The molecule has 0 saturated heterocycles. The van der Waals surface area contributed by atoms with Crippen molar-refractivity contribution in [3.05, 3.63) is 17.8 Å². The molecule has 0 saturated carbocycles. The lowest BCUT2D eigenvalue weighted by molar-refractivity contribution is 0.146. The van der Waals surface area contributed by atoms with E-state index < -0.39 is 0 Å². The van der Waals surface area contributed by atoms with Gasteiger partial charge >= 0.3 is 0 Å². The Morgan fingerprint density at radius 2 is 2.50 bits per heavy atom. The topological polar surface area (TPSA) is 35.3 Å². The van der Waals surface area contributed by atoms with Crippen molar-refractivity contribution in [2.75, 3.05) is 13.2 Å². The van der Waals surface area contributed by atoms with Crippen molar-refractivity contribution in [1.29, 1.82) is 0 Å². The molecule has 0 bridgehead atoms. The summed E-state index contributed by atoms with van der Waals surface area (Å²) in [7, 11) is 0. The minimum Gasteiger partial charge on any atom is -0.444 e. The Morgan fingerprint density at radius 3 is 3.08 bits per heavy atom. The lowest BCUT2D eigenvalue weighted by Crippen LogP contribution is -1.96. The number of nitrogens with zero attached hydrogens (tertiary/aromatic N) is 1. The second kappa shape index (κ2) is 5.17. The molecule has 0 fully saturated rings. The van der Waals surface area contributed by atoms with Crippen LogP contribution >= 0.6 is 11.6 Å². The zero-order valence-corrected chi connectivity index (χ0v) is 7.80. The summed E-state index contributed by atoms with van der Waals surface area (Å²) in [5, 5.41) is 0. The fraction of sp³-hybridized carbons (Fsp3) is 0.625. The van der Waals surface area contributed by atoms with Gasteiger partial charge in [0.1, 0.15) is 5.76 Å². The number of halogens is 1. The maximum Gasteiger partial charge on any atom is 0.209 e. The van der Waals surface area contributed by atoms with Gasteiger partial charge in [0.15, 0.2) is 0 Å². The minimum atomic E-state index is 0.328. The standard InChI is InChI=1S/C8H12ClNO2/c1-2-11-4-3-7-6-10-8(5-9)12-7/h6H,2-5H2,1H3. The molecule has 1 heterocycles. The van der Waals surface area contributed by atoms with Crippen LogP contribution in [0.3, 0.4) is 0 Å². The molecule has 3 nitrogen and oxygen atoms in total. The highest BCUT2D eigenvalue weighted by Gasteiger charge is 2.01. The van der Waals surface area contributed by atoms with Crippen molar-refractivity contribution in [2.45, 2.75) is 19.2 Å². The zero-order chi connectivity index (χ0) is 8.81. The Hall–Kier alpha value is -0.540. The number of hydrogen-bond acceptors (Lipinski definition) is 3. The van der Waals surface area contributed by atoms with E-state index in [4.69, 9.17) is 20.8 Å². The molecule has 4 heteroatoms. The van der Waals surface area contributed by atoms with Crippen LogP contribution in [0.2, 0.25) is 0 Å². The van der Waals surface area contributed by atoms with Crippen molar-refractivity contribution in [3.63, 3.8) is 0 Å². The first kappa shape index (κ1) is 9.55. The van der Waals surface area contributed by atoms with E-state index in [1.165, 1.54) is 0 Å². The maximum atomic E-state index is 5.51. The lowest BCUT2D eigenvalue weighted by Gasteiger charge is -1.96. The van der Waals surface area contributed by atoms with Gasteiger partial charge in [-0.25, -0.2) is 4.98 Å². The molecule has 0 aliphatic rings. The minimum absolute atomic E-state index is 0.328. The summed E-state index contributed by atoms with van der Waals surface area (Å²) in [5.41, 5.74) is 0. The number of hydrogen-bond donors (Lipinski definition) is 0. The van der Waals surface area contributed by atoms with Crippen LogP contribution in [-0.2, 0) is 17.0 Å². The van der Waals surface area contributed by atoms with E-state index in [1.807, 2.05) is 6.92 Å². The summed E-state index contributed by atoms with van der Waals surface area (Å²) < 4.78 is 10.4. The van der Waals surface area contributed by atoms with E-state index >= 15 is 0 Å². The molecule has 1 rings (SSSR count). The van der Waals surface area contributed by atoms with Gasteiger partial charge in [-0.1, -0.05) is 0 Å². The quantitative estimate of drug-likeness (QED) is 0.525. The molecule has 0 N–H and O–H groups in total. The Labute approximate surface area is 76.7 Å². The van der Waals surface area contributed by atoms with Gasteiger partial charge in [0.05, 0.1) is 18.7 Å². The van der Waals surface area contributed by atoms with E-state index in [1.54, 1.807) is 6.20 Å². The van der Waals surface area contributed by atoms with Gasteiger partial charge in [-0.2, -0.15) is 0 Å². The van der Waals surface area contributed by atoms with Crippen molar-refractivity contribution >= 4 is 11.6 Å². The average molecular weight is 190 g/mol. The van der Waals surface area contributed by atoms with E-state index in [0.717, 1.165) is 18.8 Å². The maximum absolute atomic E-state index is 5.51. The van der Waals surface area contributed by atoms with Crippen molar-refractivity contribution in [3.8, 4) is 0 Å². The van der Waals surface area contributed by atoms with Crippen LogP contribution in [0.15, 0.2) is 10.6 Å². The number of aromatic nitrogens is 1. The van der Waals surface area contributed by atoms with E-state index in [2.05, 4.69) is 4.98 Å². The van der Waals surface area contributed by atoms with E-state index in [-0.39, 0.29) is 0 Å². The van der Waals surface area contributed by atoms with Gasteiger partial charge in [-0.15, -0.1) is 11.6 Å². The van der Waals surface area contributed by atoms with Crippen molar-refractivity contribution < 1.29 is 9.15 Å². The second-order valence-electron chi connectivity index (χ2n) is 2.30. The second-order valence-corrected chi connectivity index (χ2v) is 2.57. The first-order chi connectivity index (χ1) is 5.86. The molecule has 0 amide bonds. The molecule has 0 aliphatic carbocycles. The number of ether oxygens (including phenoxy) is 1. The molecule has 0 radical (unpaired) electrons. The predicted octanol–water partition coefficient (Wildman–Crippen LogP) is 1.99. The van der Waals surface area contributed by atoms with Crippen molar-refractivity contribution in [1.82, 2.24) is 4.98 Å². The van der Waals surface area contributed by atoms with Gasteiger partial charge in [-0.3, -0.25) is 0 Å². The van der Waals surface area contributed by atoms with Gasteiger partial charge in [0, 0.05) is 13.0 Å². The highest BCUT2D eigenvalue weighted by Crippen LogP contribution is 2.06. The summed E-state index contributed by atoms with van der Waals surface area (Å²) in [6.07, 6.45) is 2.45. The first-order valence-corrected chi connectivity index (χ1v) is 4.47. The van der Waals surface area contributed by atoms with E-state index in [9.17, 15) is 0 Å². The third-order valence-electron chi connectivity index (χ3n) is 1.41. The van der Waals surface area contributed by atoms with Gasteiger partial charge < -0.3 is 9.15 Å². The summed E-state index contributed by atoms with van der Waals surface area (Å²) in [6, 6.07) is 0. The fourth-order valence-corrected chi connectivity index (χ4v) is 0.966. The number of oxazole rings is 1. The normalized spacial score (nSPS) is 10.5. The molecular weight excluding hydrogens is 178 g/mol. The highest BCUT2D eigenvalue weighted by molar-refractivity contribution is 6.16. The Bertz CT molecular complexity index is 225. The summed E-state index contributed by atoms with van der Waals surface area (Å²) in [5.74, 6) is 1.73. The molecule has 12 heavy (non-hydrogen) atoms. The van der Waals surface area contributed by atoms with Crippen LogP contribution in [0.25, 0.3) is 0 Å². The summed E-state index contributed by atoms with van der Waals surface area (Å²) in [4.78, 5) is 3.96. The molecule has 0 aromatic carbocycles.